The van der Waals surface area contributed by atoms with E-state index in [0.29, 0.717) is 41.2 Å². The van der Waals surface area contributed by atoms with Crippen LogP contribution in [0, 0.1) is 0 Å². The number of thioether (sulfide) groups is 1. The molecule has 0 aliphatic carbocycles. The van der Waals surface area contributed by atoms with Gasteiger partial charge in [0.2, 0.25) is 0 Å². The molecule has 0 saturated heterocycles. The minimum absolute atomic E-state index is 0.0718. The molecule has 6 nitrogen and oxygen atoms in total. The molecule has 3 aromatic rings. The number of thiophene rings is 1. The average Bonchev–Trinajstić information content (AvgIpc) is 3.20. The topological polar surface area (TPSA) is 86.7 Å². The number of nitrogens with one attached hydrogen (secondary N) is 1. The van der Waals surface area contributed by atoms with Gasteiger partial charge >= 0.3 is 5.97 Å². The molecule has 1 aliphatic rings. The Morgan fingerprint density at radius 3 is 2.52 bits per heavy atom. The van der Waals surface area contributed by atoms with Crippen LogP contribution in [-0.4, -0.2) is 40.6 Å². The third-order valence-electron chi connectivity index (χ3n) is 5.75. The van der Waals surface area contributed by atoms with E-state index in [9.17, 15) is 19.5 Å². The van der Waals surface area contributed by atoms with E-state index in [4.69, 9.17) is 0 Å². The highest BCUT2D eigenvalue weighted by Gasteiger charge is 2.31. The molecular formula is C25H24N2O4S2. The molecule has 8 heteroatoms. The Kier molecular flexibility index (Phi) is 6.85. The molecule has 0 spiro atoms. The summed E-state index contributed by atoms with van der Waals surface area (Å²) in [7, 11) is 0. The Hall–Kier alpha value is -3.10. The highest BCUT2D eigenvalue weighted by Crippen LogP contribution is 2.38. The molecular weight excluding hydrogens is 456 g/mol. The lowest BCUT2D eigenvalue weighted by molar-refractivity contribution is 0.0696. The first-order valence-electron chi connectivity index (χ1n) is 10.6. The van der Waals surface area contributed by atoms with E-state index in [2.05, 4.69) is 5.32 Å². The van der Waals surface area contributed by atoms with Crippen molar-refractivity contribution in [2.75, 3.05) is 18.1 Å². The smallest absolute Gasteiger partial charge is 0.339 e. The van der Waals surface area contributed by atoms with Crippen molar-refractivity contribution in [1.29, 1.82) is 0 Å². The van der Waals surface area contributed by atoms with Crippen molar-refractivity contribution < 1.29 is 19.5 Å². The predicted octanol–water partition coefficient (Wildman–Crippen LogP) is 5.18. The summed E-state index contributed by atoms with van der Waals surface area (Å²) in [5.41, 5.74) is 3.07. The summed E-state index contributed by atoms with van der Waals surface area (Å²) in [6.45, 7) is 2.79. The number of carboxylic acid groups (broad SMARTS) is 1. The second kappa shape index (κ2) is 9.80. The van der Waals surface area contributed by atoms with Crippen molar-refractivity contribution in [3.63, 3.8) is 0 Å². The Labute approximate surface area is 200 Å². The van der Waals surface area contributed by atoms with Gasteiger partial charge in [-0.3, -0.25) is 9.59 Å². The Balaban J connectivity index is 1.59. The van der Waals surface area contributed by atoms with Gasteiger partial charge < -0.3 is 15.3 Å². The summed E-state index contributed by atoms with van der Waals surface area (Å²) >= 11 is 2.76. The second-order valence-electron chi connectivity index (χ2n) is 7.69. The number of hydrogen-bond donors (Lipinski definition) is 2. The van der Waals surface area contributed by atoms with Crippen LogP contribution in [0.1, 0.15) is 54.0 Å². The zero-order valence-corrected chi connectivity index (χ0v) is 20.0. The maximum absolute atomic E-state index is 13.2. The van der Waals surface area contributed by atoms with E-state index in [1.807, 2.05) is 49.6 Å². The van der Waals surface area contributed by atoms with Crippen molar-refractivity contribution in [3.8, 4) is 0 Å². The summed E-state index contributed by atoms with van der Waals surface area (Å²) in [4.78, 5) is 41.4. The zero-order valence-electron chi connectivity index (χ0n) is 18.4. The summed E-state index contributed by atoms with van der Waals surface area (Å²) in [5, 5.41) is 13.0. The number of anilines is 1. The molecule has 2 N–H and O–H groups in total. The molecule has 0 fully saturated rings. The number of nitrogens with zero attached hydrogens (tertiary/aromatic N) is 1. The van der Waals surface area contributed by atoms with E-state index in [1.54, 1.807) is 17.0 Å². The SMILES string of the molecule is CCc1ccc(C(=O)Nc2sc3c(c2C(=O)O)CCN(C(=O)c2ccccc2SC)C3)cc1. The molecule has 0 atom stereocenters. The standard InChI is InChI=1S/C25H24N2O4S2/c1-3-15-8-10-16(11-9-15)22(28)26-23-21(25(30)31)17-12-13-27(14-20(17)33-23)24(29)18-6-4-5-7-19(18)32-2/h4-11H,3,12-14H2,1-2H3,(H,26,28)(H,30,31). The number of hydrogen-bond acceptors (Lipinski definition) is 5. The van der Waals surface area contributed by atoms with Gasteiger partial charge in [-0.2, -0.15) is 0 Å². The Morgan fingerprint density at radius 1 is 1.12 bits per heavy atom. The average molecular weight is 481 g/mol. The summed E-state index contributed by atoms with van der Waals surface area (Å²) in [6.07, 6.45) is 3.24. The van der Waals surface area contributed by atoms with Crippen molar-refractivity contribution >= 4 is 45.9 Å². The molecule has 1 aromatic heterocycles. The fourth-order valence-corrected chi connectivity index (χ4v) is 5.79. The minimum atomic E-state index is -1.07. The second-order valence-corrected chi connectivity index (χ2v) is 9.65. The Bertz CT molecular complexity index is 1220. The van der Waals surface area contributed by atoms with Crippen molar-refractivity contribution in [3.05, 3.63) is 81.2 Å². The lowest BCUT2D eigenvalue weighted by Gasteiger charge is -2.27. The Morgan fingerprint density at radius 2 is 1.85 bits per heavy atom. The highest BCUT2D eigenvalue weighted by atomic mass is 32.2. The highest BCUT2D eigenvalue weighted by molar-refractivity contribution is 7.98. The molecule has 1 aliphatic heterocycles. The molecule has 33 heavy (non-hydrogen) atoms. The fourth-order valence-electron chi connectivity index (χ4n) is 3.95. The predicted molar refractivity (Wildman–Crippen MR) is 132 cm³/mol. The molecule has 0 saturated carbocycles. The van der Waals surface area contributed by atoms with Crippen LogP contribution in [0.3, 0.4) is 0 Å². The van der Waals surface area contributed by atoms with Crippen molar-refractivity contribution in [2.24, 2.45) is 0 Å². The van der Waals surface area contributed by atoms with Crippen LogP contribution in [-0.2, 0) is 19.4 Å². The first-order valence-corrected chi connectivity index (χ1v) is 12.7. The van der Waals surface area contributed by atoms with Gasteiger partial charge in [-0.25, -0.2) is 4.79 Å². The summed E-state index contributed by atoms with van der Waals surface area (Å²) < 4.78 is 0. The third kappa shape index (κ3) is 4.67. The van der Waals surface area contributed by atoms with Crippen molar-refractivity contribution in [1.82, 2.24) is 4.90 Å². The number of carboxylic acids is 1. The number of aromatic carboxylic acids is 1. The van der Waals surface area contributed by atoms with Gasteiger partial charge in [-0.15, -0.1) is 23.1 Å². The van der Waals surface area contributed by atoms with Gasteiger partial charge in [0.15, 0.2) is 0 Å². The number of aryl methyl sites for hydroxylation is 1. The molecule has 0 radical (unpaired) electrons. The summed E-state index contributed by atoms with van der Waals surface area (Å²) in [6, 6.07) is 14.7. The fraction of sp³-hybridized carbons (Fsp3) is 0.240. The number of carbonyl (C=O) groups is 3. The van der Waals surface area contributed by atoms with Crippen LogP contribution >= 0.6 is 23.1 Å². The van der Waals surface area contributed by atoms with Gasteiger partial charge in [0, 0.05) is 21.9 Å². The molecule has 0 bridgehead atoms. The van der Waals surface area contributed by atoms with Gasteiger partial charge in [-0.1, -0.05) is 31.2 Å². The van der Waals surface area contributed by atoms with E-state index < -0.39 is 5.97 Å². The number of fused-ring (bicyclic) bond motifs is 1. The van der Waals surface area contributed by atoms with Crippen LogP contribution in [0.4, 0.5) is 5.00 Å². The number of benzene rings is 2. The monoisotopic (exact) mass is 480 g/mol. The first-order chi connectivity index (χ1) is 15.9. The van der Waals surface area contributed by atoms with Crippen molar-refractivity contribution in [2.45, 2.75) is 31.2 Å². The van der Waals surface area contributed by atoms with E-state index in [0.717, 1.165) is 21.8 Å². The van der Waals surface area contributed by atoms with Gasteiger partial charge in [0.25, 0.3) is 11.8 Å². The van der Waals surface area contributed by atoms with Gasteiger partial charge in [-0.05, 0) is 54.5 Å². The van der Waals surface area contributed by atoms with E-state index in [1.165, 1.54) is 23.1 Å². The molecule has 2 heterocycles. The number of rotatable bonds is 6. The number of amides is 2. The van der Waals surface area contributed by atoms with E-state index >= 15 is 0 Å². The van der Waals surface area contributed by atoms with Crippen LogP contribution < -0.4 is 5.32 Å². The quantitative estimate of drug-likeness (QED) is 0.475. The van der Waals surface area contributed by atoms with Crippen LogP contribution in [0.15, 0.2) is 53.4 Å². The third-order valence-corrected chi connectivity index (χ3v) is 7.67. The first kappa shape index (κ1) is 23.1. The normalized spacial score (nSPS) is 12.8. The molecule has 2 aromatic carbocycles. The minimum Gasteiger partial charge on any atom is -0.478 e. The van der Waals surface area contributed by atoms with Crippen LogP contribution in [0.5, 0.6) is 0 Å². The van der Waals surface area contributed by atoms with Gasteiger partial charge in [0.1, 0.15) is 5.00 Å². The molecule has 2 amide bonds. The van der Waals surface area contributed by atoms with Crippen LogP contribution in [0.25, 0.3) is 0 Å². The number of carbonyl (C=O) groups excluding carboxylic acids is 2. The van der Waals surface area contributed by atoms with Gasteiger partial charge in [0.05, 0.1) is 17.7 Å². The molecule has 4 rings (SSSR count). The molecule has 170 valence electrons. The maximum atomic E-state index is 13.2. The van der Waals surface area contributed by atoms with Crippen LogP contribution in [0.2, 0.25) is 0 Å². The lowest BCUT2D eigenvalue weighted by atomic mass is 10.0. The maximum Gasteiger partial charge on any atom is 0.339 e. The largest absolute Gasteiger partial charge is 0.478 e. The summed E-state index contributed by atoms with van der Waals surface area (Å²) in [5.74, 6) is -1.49. The van der Waals surface area contributed by atoms with E-state index in [-0.39, 0.29) is 17.4 Å². The zero-order chi connectivity index (χ0) is 23.5. The lowest BCUT2D eigenvalue weighted by Crippen LogP contribution is -2.36. The molecule has 0 unspecified atom stereocenters.